The summed E-state index contributed by atoms with van der Waals surface area (Å²) in [4.78, 5) is 26.9. The van der Waals surface area contributed by atoms with Gasteiger partial charge in [-0.15, -0.1) is 0 Å². The summed E-state index contributed by atoms with van der Waals surface area (Å²) in [6.07, 6.45) is 2.99. The highest BCUT2D eigenvalue weighted by molar-refractivity contribution is 6.29. The quantitative estimate of drug-likeness (QED) is 0.864. The molecule has 0 aliphatic heterocycles. The zero-order valence-corrected chi connectivity index (χ0v) is 12.3. The average Bonchev–Trinajstić information content (AvgIpc) is 3.28. The molecule has 2 aromatic heterocycles. The summed E-state index contributed by atoms with van der Waals surface area (Å²) in [6.45, 7) is 4.00. The van der Waals surface area contributed by atoms with Crippen LogP contribution < -0.4 is 5.43 Å². The molecule has 112 valence electrons. The molecule has 0 atom stereocenters. The number of carboxylic acids is 1. The van der Waals surface area contributed by atoms with Crippen molar-refractivity contribution in [1.82, 2.24) is 9.55 Å². The third-order valence-corrected chi connectivity index (χ3v) is 3.35. The molecule has 0 radical (unpaired) electrons. The molecule has 1 aliphatic carbocycles. The van der Waals surface area contributed by atoms with E-state index in [9.17, 15) is 14.0 Å². The number of rotatable bonds is 2. The number of aromatic nitrogens is 2. The van der Waals surface area contributed by atoms with Gasteiger partial charge in [0.05, 0.1) is 5.39 Å². The van der Waals surface area contributed by atoms with Crippen LogP contribution in [0, 0.1) is 5.82 Å². The topological polar surface area (TPSA) is 72.2 Å². The molecule has 0 unspecified atom stereocenters. The molecule has 0 bridgehead atoms. The first-order chi connectivity index (χ1) is 9.99. The van der Waals surface area contributed by atoms with E-state index in [1.54, 1.807) is 4.57 Å². The molecule has 1 aliphatic rings. The highest BCUT2D eigenvalue weighted by Crippen LogP contribution is 2.36. The Morgan fingerprint density at radius 1 is 1.48 bits per heavy atom. The summed E-state index contributed by atoms with van der Waals surface area (Å²) < 4.78 is 15.0. The van der Waals surface area contributed by atoms with Crippen molar-refractivity contribution in [3.8, 4) is 0 Å². The van der Waals surface area contributed by atoms with E-state index in [2.05, 4.69) is 4.98 Å². The van der Waals surface area contributed by atoms with Crippen molar-refractivity contribution in [1.29, 1.82) is 0 Å². The standard InChI is InChI=1S/C12H8ClFN2O3.C2H6/c13-10-8(14)3-6-9(17)7(12(18)19)4-16(5-1-2-5)11(6)15-10;1-2/h3-5H,1-2H2,(H,18,19);1-2H3. The van der Waals surface area contributed by atoms with Crippen LogP contribution in [-0.2, 0) is 0 Å². The van der Waals surface area contributed by atoms with E-state index in [1.165, 1.54) is 6.20 Å². The molecule has 0 spiro atoms. The van der Waals surface area contributed by atoms with Crippen LogP contribution in [0.1, 0.15) is 43.1 Å². The fourth-order valence-corrected chi connectivity index (χ4v) is 2.14. The Morgan fingerprint density at radius 3 is 2.62 bits per heavy atom. The summed E-state index contributed by atoms with van der Waals surface area (Å²) in [7, 11) is 0. The monoisotopic (exact) mass is 312 g/mol. The number of carbonyl (C=O) groups is 1. The molecule has 7 heteroatoms. The minimum atomic E-state index is -1.34. The SMILES string of the molecule is CC.O=C(O)c1cn(C2CC2)c2nc(Cl)c(F)cc2c1=O. The van der Waals surface area contributed by atoms with Gasteiger partial charge in [0.15, 0.2) is 11.0 Å². The maximum Gasteiger partial charge on any atom is 0.341 e. The van der Waals surface area contributed by atoms with Crippen molar-refractivity contribution in [3.05, 3.63) is 39.0 Å². The van der Waals surface area contributed by atoms with Crippen molar-refractivity contribution in [3.63, 3.8) is 0 Å². The van der Waals surface area contributed by atoms with Crippen molar-refractivity contribution >= 4 is 28.6 Å². The van der Waals surface area contributed by atoms with Gasteiger partial charge in [-0.1, -0.05) is 25.4 Å². The second-order valence-corrected chi connectivity index (χ2v) is 4.81. The minimum absolute atomic E-state index is 0.0614. The van der Waals surface area contributed by atoms with Gasteiger partial charge in [-0.2, -0.15) is 0 Å². The molecule has 0 amide bonds. The molecular formula is C14H14ClFN2O3. The lowest BCUT2D eigenvalue weighted by Gasteiger charge is -2.10. The zero-order valence-electron chi connectivity index (χ0n) is 11.6. The van der Waals surface area contributed by atoms with Gasteiger partial charge in [0.25, 0.3) is 0 Å². The fraction of sp³-hybridized carbons (Fsp3) is 0.357. The molecule has 1 N–H and O–H groups in total. The Hall–Kier alpha value is -1.95. The smallest absolute Gasteiger partial charge is 0.341 e. The lowest BCUT2D eigenvalue weighted by atomic mass is 10.2. The number of hydrogen-bond donors (Lipinski definition) is 1. The summed E-state index contributed by atoms with van der Waals surface area (Å²) in [5.41, 5.74) is -0.908. The molecule has 1 saturated carbocycles. The van der Waals surface area contributed by atoms with Crippen molar-refractivity contribution in [2.75, 3.05) is 0 Å². The van der Waals surface area contributed by atoms with E-state index in [0.29, 0.717) is 0 Å². The third kappa shape index (κ3) is 2.76. The zero-order chi connectivity index (χ0) is 15.7. The maximum absolute atomic E-state index is 13.4. The van der Waals surface area contributed by atoms with Gasteiger partial charge >= 0.3 is 5.97 Å². The molecule has 2 aromatic rings. The highest BCUT2D eigenvalue weighted by Gasteiger charge is 2.27. The van der Waals surface area contributed by atoms with Crippen LogP contribution in [0.15, 0.2) is 17.1 Å². The van der Waals surface area contributed by atoms with Crippen LogP contribution in [0.2, 0.25) is 5.15 Å². The second-order valence-electron chi connectivity index (χ2n) is 4.45. The van der Waals surface area contributed by atoms with Crippen LogP contribution >= 0.6 is 11.6 Å². The molecule has 21 heavy (non-hydrogen) atoms. The highest BCUT2D eigenvalue weighted by atomic mass is 35.5. The predicted octanol–water partition coefficient (Wildman–Crippen LogP) is 3.25. The lowest BCUT2D eigenvalue weighted by Crippen LogP contribution is -2.19. The first-order valence-corrected chi connectivity index (χ1v) is 7.01. The molecule has 1 fully saturated rings. The summed E-state index contributed by atoms with van der Waals surface area (Å²) in [5, 5.41) is 8.63. The number of nitrogens with zero attached hydrogens (tertiary/aromatic N) is 2. The number of aromatic carboxylic acids is 1. The Bertz CT molecular complexity index is 769. The average molecular weight is 313 g/mol. The first-order valence-electron chi connectivity index (χ1n) is 6.63. The molecule has 3 rings (SSSR count). The second kappa shape index (κ2) is 5.81. The van der Waals surface area contributed by atoms with Gasteiger partial charge in [-0.05, 0) is 18.9 Å². The van der Waals surface area contributed by atoms with Crippen molar-refractivity contribution in [2.24, 2.45) is 0 Å². The summed E-state index contributed by atoms with van der Waals surface area (Å²) >= 11 is 5.62. The van der Waals surface area contributed by atoms with Crippen LogP contribution in [0.5, 0.6) is 0 Å². The van der Waals surface area contributed by atoms with E-state index in [0.717, 1.165) is 18.9 Å². The van der Waals surface area contributed by atoms with Gasteiger partial charge < -0.3 is 9.67 Å². The third-order valence-electron chi connectivity index (χ3n) is 3.09. The number of carboxylic acid groups (broad SMARTS) is 1. The van der Waals surface area contributed by atoms with Crippen LogP contribution in [0.25, 0.3) is 11.0 Å². The first kappa shape index (κ1) is 15.4. The Balaban J connectivity index is 0.000000774. The van der Waals surface area contributed by atoms with E-state index >= 15 is 0 Å². The molecule has 5 nitrogen and oxygen atoms in total. The maximum atomic E-state index is 13.4. The Labute approximate surface area is 125 Å². The van der Waals surface area contributed by atoms with Gasteiger partial charge in [0.2, 0.25) is 5.43 Å². The minimum Gasteiger partial charge on any atom is -0.477 e. The van der Waals surface area contributed by atoms with Crippen LogP contribution in [-0.4, -0.2) is 20.6 Å². The van der Waals surface area contributed by atoms with Crippen molar-refractivity contribution in [2.45, 2.75) is 32.7 Å². The van der Waals surface area contributed by atoms with Gasteiger partial charge in [-0.25, -0.2) is 14.2 Å². The molecular weight excluding hydrogens is 299 g/mol. The van der Waals surface area contributed by atoms with Crippen LogP contribution in [0.3, 0.4) is 0 Å². The lowest BCUT2D eigenvalue weighted by molar-refractivity contribution is 0.0695. The number of halogens is 2. The molecule has 0 saturated heterocycles. The Kier molecular flexibility index (Phi) is 4.27. The van der Waals surface area contributed by atoms with Gasteiger partial charge in [-0.3, -0.25) is 4.79 Å². The number of pyridine rings is 2. The van der Waals surface area contributed by atoms with E-state index in [-0.39, 0.29) is 27.8 Å². The Morgan fingerprint density at radius 2 is 2.10 bits per heavy atom. The molecule has 0 aromatic carbocycles. The van der Waals surface area contributed by atoms with Gasteiger partial charge in [0.1, 0.15) is 11.2 Å². The number of hydrogen-bond acceptors (Lipinski definition) is 3. The van der Waals surface area contributed by atoms with Crippen LogP contribution in [0.4, 0.5) is 4.39 Å². The van der Waals surface area contributed by atoms with Gasteiger partial charge in [0, 0.05) is 12.2 Å². The fourth-order valence-electron chi connectivity index (χ4n) is 2.01. The van der Waals surface area contributed by atoms with E-state index < -0.39 is 17.2 Å². The van der Waals surface area contributed by atoms with Crippen molar-refractivity contribution < 1.29 is 14.3 Å². The normalized spacial score (nSPS) is 13.7. The largest absolute Gasteiger partial charge is 0.477 e. The molecule has 2 heterocycles. The van der Waals surface area contributed by atoms with E-state index in [1.807, 2.05) is 13.8 Å². The summed E-state index contributed by atoms with van der Waals surface area (Å²) in [6, 6.07) is 1.04. The summed E-state index contributed by atoms with van der Waals surface area (Å²) in [5.74, 6) is -2.17. The predicted molar refractivity (Wildman–Crippen MR) is 77.5 cm³/mol. The number of fused-ring (bicyclic) bond motifs is 1. The van der Waals surface area contributed by atoms with E-state index in [4.69, 9.17) is 16.7 Å².